The van der Waals surface area contributed by atoms with Crippen molar-refractivity contribution < 1.29 is 14.7 Å². The molecule has 0 radical (unpaired) electrons. The molecule has 1 N–H and O–H groups in total. The molecular formula is C13H14O3S. The van der Waals surface area contributed by atoms with Crippen LogP contribution in [0.2, 0.25) is 0 Å². The summed E-state index contributed by atoms with van der Waals surface area (Å²) in [5.41, 5.74) is 1.86. The quantitative estimate of drug-likeness (QED) is 0.892. The van der Waals surface area contributed by atoms with E-state index in [-0.39, 0.29) is 10.7 Å². The Hall–Kier alpha value is -1.55. The van der Waals surface area contributed by atoms with Crippen molar-refractivity contribution in [2.45, 2.75) is 13.8 Å². The van der Waals surface area contributed by atoms with Crippen molar-refractivity contribution in [3.05, 3.63) is 41.0 Å². The lowest BCUT2D eigenvalue weighted by Crippen LogP contribution is -1.99. The molecule has 0 spiro atoms. The molecule has 0 bridgehead atoms. The number of carboxylic acids is 1. The maximum Gasteiger partial charge on any atom is 0.336 e. The van der Waals surface area contributed by atoms with E-state index in [2.05, 4.69) is 0 Å². The number of benzene rings is 1. The minimum Gasteiger partial charge on any atom is -0.478 e. The van der Waals surface area contributed by atoms with Crippen LogP contribution in [0.5, 0.6) is 0 Å². The van der Waals surface area contributed by atoms with E-state index < -0.39 is 5.97 Å². The first kappa shape index (κ1) is 13.5. The Balaban J connectivity index is 2.83. The highest BCUT2D eigenvalue weighted by Crippen LogP contribution is 2.14. The van der Waals surface area contributed by atoms with E-state index in [1.807, 2.05) is 13.0 Å². The van der Waals surface area contributed by atoms with Crippen LogP contribution < -0.4 is 0 Å². The Labute approximate surface area is 105 Å². The van der Waals surface area contributed by atoms with Gasteiger partial charge in [0.15, 0.2) is 5.12 Å². The van der Waals surface area contributed by atoms with Crippen LogP contribution in [0.15, 0.2) is 24.3 Å². The molecule has 0 aromatic heterocycles. The van der Waals surface area contributed by atoms with E-state index in [1.54, 1.807) is 24.3 Å². The molecule has 17 heavy (non-hydrogen) atoms. The van der Waals surface area contributed by atoms with Crippen LogP contribution >= 0.6 is 11.8 Å². The fourth-order valence-corrected chi connectivity index (χ4v) is 1.77. The van der Waals surface area contributed by atoms with Gasteiger partial charge in [0.25, 0.3) is 0 Å². The van der Waals surface area contributed by atoms with Gasteiger partial charge in [0.1, 0.15) is 0 Å². The van der Waals surface area contributed by atoms with Crippen molar-refractivity contribution in [1.82, 2.24) is 0 Å². The van der Waals surface area contributed by atoms with Gasteiger partial charge in [-0.25, -0.2) is 4.79 Å². The van der Waals surface area contributed by atoms with Crippen LogP contribution in [-0.4, -0.2) is 21.9 Å². The van der Waals surface area contributed by atoms with Crippen molar-refractivity contribution in [3.63, 3.8) is 0 Å². The average molecular weight is 250 g/mol. The van der Waals surface area contributed by atoms with Crippen LogP contribution in [0.1, 0.15) is 28.4 Å². The monoisotopic (exact) mass is 250 g/mol. The molecular weight excluding hydrogens is 236 g/mol. The summed E-state index contributed by atoms with van der Waals surface area (Å²) in [4.78, 5) is 21.7. The Morgan fingerprint density at radius 2 is 2.12 bits per heavy atom. The van der Waals surface area contributed by atoms with Crippen molar-refractivity contribution in [2.75, 3.05) is 5.75 Å². The molecule has 0 heterocycles. The van der Waals surface area contributed by atoms with Crippen LogP contribution in [0, 0.1) is 6.92 Å². The largest absolute Gasteiger partial charge is 0.478 e. The van der Waals surface area contributed by atoms with Crippen LogP contribution in [0.3, 0.4) is 0 Å². The van der Waals surface area contributed by atoms with Gasteiger partial charge in [-0.15, -0.1) is 0 Å². The minimum absolute atomic E-state index is 0.0528. The first-order valence-electron chi connectivity index (χ1n) is 5.14. The number of thioether (sulfide) groups is 1. The van der Waals surface area contributed by atoms with Crippen LogP contribution in [0.25, 0.3) is 6.08 Å². The summed E-state index contributed by atoms with van der Waals surface area (Å²) in [6.45, 7) is 3.36. The molecule has 0 aliphatic carbocycles. The molecule has 0 fully saturated rings. The number of carbonyl (C=O) groups is 2. The highest BCUT2D eigenvalue weighted by molar-refractivity contribution is 8.13. The summed E-state index contributed by atoms with van der Waals surface area (Å²) >= 11 is 1.19. The molecule has 0 atom stereocenters. The van der Waals surface area contributed by atoms with Gasteiger partial charge in [0, 0.05) is 12.7 Å². The standard InChI is InChI=1S/C13H14O3S/c1-9-5-6-11(12(8-9)13(15)16)4-3-7-17-10(2)14/h3-6,8H,7H2,1-2H3,(H,15,16). The number of rotatable bonds is 4. The van der Waals surface area contributed by atoms with Gasteiger partial charge < -0.3 is 5.11 Å². The fraction of sp³-hybridized carbons (Fsp3) is 0.231. The van der Waals surface area contributed by atoms with E-state index in [0.29, 0.717) is 11.3 Å². The Kier molecular flexibility index (Phi) is 4.97. The lowest BCUT2D eigenvalue weighted by Gasteiger charge is -2.02. The normalized spacial score (nSPS) is 10.7. The topological polar surface area (TPSA) is 54.4 Å². The fourth-order valence-electron chi connectivity index (χ4n) is 1.34. The molecule has 1 aromatic rings. The maximum atomic E-state index is 11.0. The van der Waals surface area contributed by atoms with Gasteiger partial charge in [-0.3, -0.25) is 4.79 Å². The molecule has 90 valence electrons. The van der Waals surface area contributed by atoms with E-state index in [4.69, 9.17) is 5.11 Å². The van der Waals surface area contributed by atoms with Gasteiger partial charge in [-0.05, 0) is 18.6 Å². The number of aryl methyl sites for hydroxylation is 1. The number of carbonyl (C=O) groups excluding carboxylic acids is 1. The van der Waals surface area contributed by atoms with Gasteiger partial charge >= 0.3 is 5.97 Å². The predicted molar refractivity (Wildman–Crippen MR) is 70.3 cm³/mol. The van der Waals surface area contributed by atoms with Crippen LogP contribution in [0.4, 0.5) is 0 Å². The van der Waals surface area contributed by atoms with Crippen molar-refractivity contribution in [1.29, 1.82) is 0 Å². The van der Waals surface area contributed by atoms with E-state index in [9.17, 15) is 9.59 Å². The Morgan fingerprint density at radius 3 is 2.71 bits per heavy atom. The molecule has 4 heteroatoms. The lowest BCUT2D eigenvalue weighted by atomic mass is 10.0. The minimum atomic E-state index is -0.937. The third kappa shape index (κ3) is 4.44. The smallest absolute Gasteiger partial charge is 0.336 e. The zero-order chi connectivity index (χ0) is 12.8. The molecule has 0 saturated carbocycles. The third-order valence-corrected chi connectivity index (χ3v) is 2.89. The van der Waals surface area contributed by atoms with E-state index in [1.165, 1.54) is 18.7 Å². The summed E-state index contributed by atoms with van der Waals surface area (Å²) in [6.07, 6.45) is 3.53. The summed E-state index contributed by atoms with van der Waals surface area (Å²) in [5.74, 6) is -0.380. The molecule has 3 nitrogen and oxygen atoms in total. The molecule has 0 unspecified atom stereocenters. The van der Waals surface area contributed by atoms with Crippen LogP contribution in [-0.2, 0) is 4.79 Å². The number of hydrogen-bond donors (Lipinski definition) is 1. The molecule has 1 aromatic carbocycles. The summed E-state index contributed by atoms with van der Waals surface area (Å²) in [7, 11) is 0. The summed E-state index contributed by atoms with van der Waals surface area (Å²) < 4.78 is 0. The second kappa shape index (κ2) is 6.25. The zero-order valence-electron chi connectivity index (χ0n) is 9.77. The average Bonchev–Trinajstić information content (AvgIpc) is 2.25. The Morgan fingerprint density at radius 1 is 1.41 bits per heavy atom. The predicted octanol–water partition coefficient (Wildman–Crippen LogP) is 2.99. The Bertz CT molecular complexity index is 464. The number of aromatic carboxylic acids is 1. The summed E-state index contributed by atoms with van der Waals surface area (Å²) in [5, 5.41) is 9.09. The molecule has 0 aliphatic rings. The van der Waals surface area contributed by atoms with E-state index in [0.717, 1.165) is 5.56 Å². The van der Waals surface area contributed by atoms with Crippen molar-refractivity contribution in [3.8, 4) is 0 Å². The highest BCUT2D eigenvalue weighted by Gasteiger charge is 2.07. The molecule has 0 aliphatic heterocycles. The van der Waals surface area contributed by atoms with Crippen molar-refractivity contribution in [2.24, 2.45) is 0 Å². The molecule has 0 amide bonds. The number of hydrogen-bond acceptors (Lipinski definition) is 3. The first-order valence-corrected chi connectivity index (χ1v) is 6.13. The third-order valence-electron chi connectivity index (χ3n) is 2.12. The number of carboxylic acid groups (broad SMARTS) is 1. The molecule has 0 saturated heterocycles. The van der Waals surface area contributed by atoms with Gasteiger partial charge in [0.05, 0.1) is 5.56 Å². The second-order valence-corrected chi connectivity index (χ2v) is 4.80. The van der Waals surface area contributed by atoms with Gasteiger partial charge in [-0.2, -0.15) is 0 Å². The summed E-state index contributed by atoms with van der Waals surface area (Å²) in [6, 6.07) is 5.28. The van der Waals surface area contributed by atoms with Gasteiger partial charge in [0.2, 0.25) is 0 Å². The molecule has 1 rings (SSSR count). The highest BCUT2D eigenvalue weighted by atomic mass is 32.2. The second-order valence-electron chi connectivity index (χ2n) is 3.60. The van der Waals surface area contributed by atoms with E-state index >= 15 is 0 Å². The van der Waals surface area contributed by atoms with Gasteiger partial charge in [-0.1, -0.05) is 41.6 Å². The first-order chi connectivity index (χ1) is 8.00. The van der Waals surface area contributed by atoms with Crippen molar-refractivity contribution >= 4 is 28.9 Å². The maximum absolute atomic E-state index is 11.0. The lowest BCUT2D eigenvalue weighted by molar-refractivity contribution is -0.109. The SMILES string of the molecule is CC(=O)SCC=Cc1ccc(C)cc1C(=O)O. The zero-order valence-corrected chi connectivity index (χ0v) is 10.6.